The van der Waals surface area contributed by atoms with E-state index in [-0.39, 0.29) is 18.2 Å². The number of hydrogen-bond acceptors (Lipinski definition) is 2. The van der Waals surface area contributed by atoms with E-state index in [0.29, 0.717) is 0 Å². The molecule has 0 aliphatic heterocycles. The average molecular weight is 269 g/mol. The highest BCUT2D eigenvalue weighted by molar-refractivity contribution is 5.24. The lowest BCUT2D eigenvalue weighted by Crippen LogP contribution is -2.27. The number of rotatable bonds is 5. The Bertz CT molecular complexity index is 519. The van der Waals surface area contributed by atoms with Gasteiger partial charge >= 0.3 is 0 Å². The average Bonchev–Trinajstić information content (AvgIpc) is 2.46. The lowest BCUT2D eigenvalue weighted by atomic mass is 10.0. The molecule has 20 heavy (non-hydrogen) atoms. The zero-order chi connectivity index (χ0) is 14.5. The Morgan fingerprint density at radius 2 is 1.45 bits per heavy atom. The van der Waals surface area contributed by atoms with Crippen LogP contribution in [-0.4, -0.2) is 6.04 Å². The molecule has 0 saturated carbocycles. The monoisotopic (exact) mass is 269 g/mol. The maximum absolute atomic E-state index is 6.20. The van der Waals surface area contributed by atoms with Gasteiger partial charge in [0.15, 0.2) is 0 Å². The van der Waals surface area contributed by atoms with E-state index in [0.717, 1.165) is 5.56 Å². The highest BCUT2D eigenvalue weighted by Crippen LogP contribution is 2.28. The Balaban J connectivity index is 2.16. The van der Waals surface area contributed by atoms with Crippen molar-refractivity contribution in [1.29, 1.82) is 0 Å². The van der Waals surface area contributed by atoms with Gasteiger partial charge in [0.25, 0.3) is 0 Å². The molecular formula is C18H23NO. The second-order valence-corrected chi connectivity index (χ2v) is 5.38. The van der Waals surface area contributed by atoms with Crippen molar-refractivity contribution in [2.24, 2.45) is 5.73 Å². The summed E-state index contributed by atoms with van der Waals surface area (Å²) >= 11 is 0. The van der Waals surface area contributed by atoms with Gasteiger partial charge in [-0.2, -0.15) is 0 Å². The van der Waals surface area contributed by atoms with E-state index in [1.807, 2.05) is 25.1 Å². The third kappa shape index (κ3) is 3.69. The molecule has 0 radical (unpaired) electrons. The Morgan fingerprint density at radius 1 is 0.850 bits per heavy atom. The predicted octanol–water partition coefficient (Wildman–Crippen LogP) is 4.16. The second kappa shape index (κ2) is 6.69. The maximum Gasteiger partial charge on any atom is 0.0981 e. The number of hydrogen-bond donors (Lipinski definition) is 1. The van der Waals surface area contributed by atoms with Crippen molar-refractivity contribution in [3.63, 3.8) is 0 Å². The smallest absolute Gasteiger partial charge is 0.0981 e. The molecule has 0 amide bonds. The molecule has 2 aromatic rings. The van der Waals surface area contributed by atoms with Crippen molar-refractivity contribution >= 4 is 0 Å². The molecule has 2 heteroatoms. The van der Waals surface area contributed by atoms with E-state index >= 15 is 0 Å². The first kappa shape index (κ1) is 14.8. The summed E-state index contributed by atoms with van der Waals surface area (Å²) in [5.41, 5.74) is 9.66. The Morgan fingerprint density at radius 3 is 2.00 bits per heavy atom. The molecule has 0 aromatic heterocycles. The van der Waals surface area contributed by atoms with Crippen LogP contribution in [0.1, 0.15) is 42.7 Å². The van der Waals surface area contributed by atoms with E-state index in [9.17, 15) is 0 Å². The molecule has 2 nitrogen and oxygen atoms in total. The normalized spacial score (nSPS) is 15.6. The van der Waals surface area contributed by atoms with E-state index < -0.39 is 0 Å². The van der Waals surface area contributed by atoms with Crippen molar-refractivity contribution in [2.45, 2.75) is 39.0 Å². The summed E-state index contributed by atoms with van der Waals surface area (Å²) in [4.78, 5) is 0. The minimum absolute atomic E-state index is 0.0218. The van der Waals surface area contributed by atoms with Gasteiger partial charge in [-0.05, 0) is 31.9 Å². The van der Waals surface area contributed by atoms with Crippen molar-refractivity contribution in [3.8, 4) is 0 Å². The summed E-state index contributed by atoms with van der Waals surface area (Å²) in [5, 5.41) is 0. The fraction of sp³-hybridized carbons (Fsp3) is 0.333. The van der Waals surface area contributed by atoms with Crippen molar-refractivity contribution in [3.05, 3.63) is 71.3 Å². The molecule has 0 heterocycles. The molecule has 0 aliphatic rings. The summed E-state index contributed by atoms with van der Waals surface area (Å²) in [6.45, 7) is 6.14. The highest BCUT2D eigenvalue weighted by atomic mass is 16.5. The zero-order valence-electron chi connectivity index (χ0n) is 12.4. The third-order valence-electron chi connectivity index (χ3n) is 3.50. The van der Waals surface area contributed by atoms with Crippen LogP contribution >= 0.6 is 0 Å². The first-order chi connectivity index (χ1) is 9.58. The molecule has 3 atom stereocenters. The van der Waals surface area contributed by atoms with Crippen LogP contribution in [0.15, 0.2) is 54.6 Å². The zero-order valence-corrected chi connectivity index (χ0v) is 12.4. The number of aryl methyl sites for hydroxylation is 1. The van der Waals surface area contributed by atoms with Gasteiger partial charge in [0.2, 0.25) is 0 Å². The van der Waals surface area contributed by atoms with Crippen molar-refractivity contribution < 1.29 is 4.74 Å². The van der Waals surface area contributed by atoms with Crippen molar-refractivity contribution in [2.75, 3.05) is 0 Å². The Kier molecular flexibility index (Phi) is 4.94. The largest absolute Gasteiger partial charge is 0.364 e. The molecule has 0 saturated heterocycles. The van der Waals surface area contributed by atoms with Gasteiger partial charge < -0.3 is 10.5 Å². The molecule has 3 unspecified atom stereocenters. The van der Waals surface area contributed by atoms with Gasteiger partial charge in [-0.15, -0.1) is 0 Å². The van der Waals surface area contributed by atoms with E-state index in [1.165, 1.54) is 11.1 Å². The molecule has 0 bridgehead atoms. The number of ether oxygens (including phenoxy) is 1. The molecule has 2 rings (SSSR count). The minimum Gasteiger partial charge on any atom is -0.364 e. The SMILES string of the molecule is Cc1ccc(C(OC(C)c2ccccc2)C(C)N)cc1. The highest BCUT2D eigenvalue weighted by Gasteiger charge is 2.20. The number of benzene rings is 2. The summed E-state index contributed by atoms with van der Waals surface area (Å²) < 4.78 is 6.20. The maximum atomic E-state index is 6.20. The second-order valence-electron chi connectivity index (χ2n) is 5.38. The van der Waals surface area contributed by atoms with Crippen LogP contribution < -0.4 is 5.73 Å². The lowest BCUT2D eigenvalue weighted by Gasteiger charge is -2.26. The summed E-state index contributed by atoms with van der Waals surface area (Å²) in [6, 6.07) is 18.6. The summed E-state index contributed by atoms with van der Waals surface area (Å²) in [7, 11) is 0. The van der Waals surface area contributed by atoms with Gasteiger partial charge in [0, 0.05) is 6.04 Å². The summed E-state index contributed by atoms with van der Waals surface area (Å²) in [6.07, 6.45) is -0.0701. The van der Waals surface area contributed by atoms with Crippen LogP contribution in [0.5, 0.6) is 0 Å². The number of nitrogens with two attached hydrogens (primary N) is 1. The van der Waals surface area contributed by atoms with E-state index in [2.05, 4.69) is 50.2 Å². The van der Waals surface area contributed by atoms with Gasteiger partial charge in [-0.3, -0.25) is 0 Å². The van der Waals surface area contributed by atoms with Crippen LogP contribution in [-0.2, 0) is 4.74 Å². The summed E-state index contributed by atoms with van der Waals surface area (Å²) in [5.74, 6) is 0. The standard InChI is InChI=1S/C18H23NO/c1-13-9-11-17(12-10-13)18(14(2)19)20-15(3)16-7-5-4-6-8-16/h4-12,14-15,18H,19H2,1-3H3. The quantitative estimate of drug-likeness (QED) is 0.884. The molecule has 2 aromatic carbocycles. The topological polar surface area (TPSA) is 35.2 Å². The van der Waals surface area contributed by atoms with Gasteiger partial charge in [-0.25, -0.2) is 0 Å². The third-order valence-corrected chi connectivity index (χ3v) is 3.50. The lowest BCUT2D eigenvalue weighted by molar-refractivity contribution is -0.0162. The predicted molar refractivity (Wildman–Crippen MR) is 83.5 cm³/mol. The fourth-order valence-electron chi connectivity index (χ4n) is 2.28. The molecular weight excluding hydrogens is 246 g/mol. The molecule has 0 fully saturated rings. The fourth-order valence-corrected chi connectivity index (χ4v) is 2.28. The van der Waals surface area contributed by atoms with Gasteiger partial charge in [0.1, 0.15) is 0 Å². The van der Waals surface area contributed by atoms with Gasteiger partial charge in [0.05, 0.1) is 12.2 Å². The van der Waals surface area contributed by atoms with Crippen LogP contribution in [0.4, 0.5) is 0 Å². The minimum atomic E-state index is -0.0918. The Labute approximate surface area is 121 Å². The first-order valence-corrected chi connectivity index (χ1v) is 7.10. The molecule has 2 N–H and O–H groups in total. The van der Waals surface area contributed by atoms with Crippen LogP contribution in [0.2, 0.25) is 0 Å². The van der Waals surface area contributed by atoms with Gasteiger partial charge in [-0.1, -0.05) is 60.2 Å². The first-order valence-electron chi connectivity index (χ1n) is 7.10. The Hall–Kier alpha value is -1.64. The molecule has 106 valence electrons. The molecule has 0 aliphatic carbocycles. The van der Waals surface area contributed by atoms with Crippen LogP contribution in [0.3, 0.4) is 0 Å². The van der Waals surface area contributed by atoms with Crippen LogP contribution in [0.25, 0.3) is 0 Å². The van der Waals surface area contributed by atoms with E-state index in [4.69, 9.17) is 10.5 Å². The van der Waals surface area contributed by atoms with Crippen molar-refractivity contribution in [1.82, 2.24) is 0 Å². The molecule has 0 spiro atoms. The van der Waals surface area contributed by atoms with E-state index in [1.54, 1.807) is 0 Å². The van der Waals surface area contributed by atoms with Crippen LogP contribution in [0, 0.1) is 6.92 Å².